The van der Waals surface area contributed by atoms with Crippen molar-refractivity contribution in [2.45, 2.75) is 12.1 Å². The fourth-order valence-electron chi connectivity index (χ4n) is 2.22. The van der Waals surface area contributed by atoms with Crippen LogP contribution in [0.15, 0.2) is 53.7 Å². The Morgan fingerprint density at radius 1 is 1.23 bits per heavy atom. The predicted octanol–water partition coefficient (Wildman–Crippen LogP) is 3.65. The molecular formula is C17H13N3OS. The van der Waals surface area contributed by atoms with Gasteiger partial charge in [0.15, 0.2) is 5.16 Å². The molecule has 0 bridgehead atoms. The molecule has 22 heavy (non-hydrogen) atoms. The molecule has 0 N–H and O–H groups in total. The highest BCUT2D eigenvalue weighted by atomic mass is 32.2. The van der Waals surface area contributed by atoms with Crippen LogP contribution in [0.5, 0.6) is 0 Å². The molecule has 0 aliphatic heterocycles. The highest BCUT2D eigenvalue weighted by molar-refractivity contribution is 7.99. The van der Waals surface area contributed by atoms with Crippen LogP contribution in [-0.4, -0.2) is 21.2 Å². The van der Waals surface area contributed by atoms with Crippen molar-refractivity contribution < 1.29 is 4.79 Å². The van der Waals surface area contributed by atoms with Gasteiger partial charge in [-0.15, -0.1) is 0 Å². The van der Waals surface area contributed by atoms with Crippen molar-refractivity contribution in [1.29, 1.82) is 5.26 Å². The number of fused-ring (bicyclic) bond motifs is 1. The minimum absolute atomic E-state index is 0.130. The normalized spacial score (nSPS) is 10.5. The van der Waals surface area contributed by atoms with Gasteiger partial charge in [-0.25, -0.2) is 4.98 Å². The summed E-state index contributed by atoms with van der Waals surface area (Å²) in [7, 11) is 0. The molecule has 0 fully saturated rings. The number of nitrogens with zero attached hydrogens (tertiary/aromatic N) is 3. The number of aromatic nitrogens is 2. The van der Waals surface area contributed by atoms with Crippen molar-refractivity contribution in [1.82, 2.24) is 9.55 Å². The summed E-state index contributed by atoms with van der Waals surface area (Å²) in [6.07, 6.45) is 0. The van der Waals surface area contributed by atoms with E-state index in [4.69, 9.17) is 5.26 Å². The van der Waals surface area contributed by atoms with Crippen LogP contribution in [0.3, 0.4) is 0 Å². The van der Waals surface area contributed by atoms with E-state index in [0.717, 1.165) is 16.6 Å². The third-order valence-corrected chi connectivity index (χ3v) is 4.10. The van der Waals surface area contributed by atoms with Crippen LogP contribution in [0.25, 0.3) is 11.0 Å². The summed E-state index contributed by atoms with van der Waals surface area (Å²) in [6, 6.07) is 17.0. The lowest BCUT2D eigenvalue weighted by Gasteiger charge is -2.07. The molecule has 108 valence electrons. The van der Waals surface area contributed by atoms with Gasteiger partial charge in [0.25, 0.3) is 5.91 Å². The topological polar surface area (TPSA) is 58.7 Å². The third-order valence-electron chi connectivity index (χ3n) is 3.30. The SMILES string of the molecule is Cc1ccc(C(=O)n2c(SCC#N)nc3ccccc32)cc1. The summed E-state index contributed by atoms with van der Waals surface area (Å²) in [4.78, 5) is 17.3. The highest BCUT2D eigenvalue weighted by Crippen LogP contribution is 2.25. The Balaban J connectivity index is 2.13. The average molecular weight is 307 g/mol. The fourth-order valence-corrected chi connectivity index (χ4v) is 2.89. The number of nitriles is 1. The van der Waals surface area contributed by atoms with Crippen molar-refractivity contribution >= 4 is 28.7 Å². The van der Waals surface area contributed by atoms with Gasteiger partial charge >= 0.3 is 0 Å². The maximum Gasteiger partial charge on any atom is 0.264 e. The lowest BCUT2D eigenvalue weighted by atomic mass is 10.1. The Labute approximate surface area is 132 Å². The van der Waals surface area contributed by atoms with E-state index in [1.807, 2.05) is 55.5 Å². The van der Waals surface area contributed by atoms with E-state index >= 15 is 0 Å². The molecule has 5 heteroatoms. The maximum atomic E-state index is 12.8. The Kier molecular flexibility index (Phi) is 3.94. The highest BCUT2D eigenvalue weighted by Gasteiger charge is 2.18. The smallest absolute Gasteiger partial charge is 0.264 e. The summed E-state index contributed by atoms with van der Waals surface area (Å²) in [5.74, 6) is 0.124. The molecule has 0 saturated carbocycles. The summed E-state index contributed by atoms with van der Waals surface area (Å²) >= 11 is 1.27. The largest absolute Gasteiger partial charge is 0.268 e. The summed E-state index contributed by atoms with van der Waals surface area (Å²) < 4.78 is 1.59. The number of carbonyl (C=O) groups excluding carboxylic acids is 1. The standard InChI is InChI=1S/C17H13N3OS/c1-12-6-8-13(9-7-12)16(21)20-15-5-3-2-4-14(15)19-17(20)22-11-10-18/h2-9H,11H2,1H3. The Hall–Kier alpha value is -2.58. The lowest BCUT2D eigenvalue weighted by Crippen LogP contribution is -2.13. The molecule has 2 aromatic carbocycles. The first-order valence-electron chi connectivity index (χ1n) is 6.79. The zero-order valence-corrected chi connectivity index (χ0v) is 12.8. The van der Waals surface area contributed by atoms with Crippen LogP contribution in [-0.2, 0) is 0 Å². The number of rotatable bonds is 3. The van der Waals surface area contributed by atoms with Gasteiger partial charge in [-0.1, -0.05) is 41.6 Å². The zero-order chi connectivity index (χ0) is 15.5. The molecule has 3 aromatic rings. The van der Waals surface area contributed by atoms with Gasteiger partial charge in [-0.3, -0.25) is 9.36 Å². The van der Waals surface area contributed by atoms with Crippen LogP contribution in [0.4, 0.5) is 0 Å². The first-order valence-corrected chi connectivity index (χ1v) is 7.78. The number of hydrogen-bond acceptors (Lipinski definition) is 4. The van der Waals surface area contributed by atoms with E-state index in [1.165, 1.54) is 11.8 Å². The van der Waals surface area contributed by atoms with Gasteiger partial charge in [-0.05, 0) is 31.2 Å². The molecule has 0 aliphatic rings. The van der Waals surface area contributed by atoms with Crippen LogP contribution < -0.4 is 0 Å². The first-order chi connectivity index (χ1) is 10.7. The second-order valence-corrected chi connectivity index (χ2v) is 5.78. The Bertz CT molecular complexity index is 875. The summed E-state index contributed by atoms with van der Waals surface area (Å²) in [6.45, 7) is 1.98. The van der Waals surface area contributed by atoms with Gasteiger partial charge in [-0.2, -0.15) is 5.26 Å². The molecule has 3 rings (SSSR count). The number of benzene rings is 2. The lowest BCUT2D eigenvalue weighted by molar-refractivity contribution is 0.0955. The second kappa shape index (κ2) is 6.04. The molecule has 0 atom stereocenters. The van der Waals surface area contributed by atoms with Crippen molar-refractivity contribution in [3.05, 3.63) is 59.7 Å². The number of thioether (sulfide) groups is 1. The molecule has 0 amide bonds. The molecular weight excluding hydrogens is 294 g/mol. The van der Waals surface area contributed by atoms with Crippen LogP contribution >= 0.6 is 11.8 Å². The van der Waals surface area contributed by atoms with E-state index in [-0.39, 0.29) is 11.7 Å². The molecule has 4 nitrogen and oxygen atoms in total. The quantitative estimate of drug-likeness (QED) is 0.693. The van der Waals surface area contributed by atoms with E-state index in [0.29, 0.717) is 10.7 Å². The maximum absolute atomic E-state index is 12.8. The number of para-hydroxylation sites is 2. The van der Waals surface area contributed by atoms with Gasteiger partial charge < -0.3 is 0 Å². The van der Waals surface area contributed by atoms with Gasteiger partial charge in [0.1, 0.15) is 0 Å². The Morgan fingerprint density at radius 3 is 2.68 bits per heavy atom. The molecule has 0 unspecified atom stereocenters. The van der Waals surface area contributed by atoms with E-state index in [2.05, 4.69) is 11.1 Å². The van der Waals surface area contributed by atoms with Crippen LogP contribution in [0.1, 0.15) is 15.9 Å². The van der Waals surface area contributed by atoms with Crippen molar-refractivity contribution in [3.63, 3.8) is 0 Å². The van der Waals surface area contributed by atoms with Crippen molar-refractivity contribution in [2.24, 2.45) is 0 Å². The number of carbonyl (C=O) groups is 1. The predicted molar refractivity (Wildman–Crippen MR) is 87.0 cm³/mol. The van der Waals surface area contributed by atoms with Gasteiger partial charge in [0.2, 0.25) is 0 Å². The molecule has 0 aliphatic carbocycles. The van der Waals surface area contributed by atoms with Crippen LogP contribution in [0.2, 0.25) is 0 Å². The number of imidazole rings is 1. The molecule has 0 saturated heterocycles. The third kappa shape index (κ3) is 2.61. The summed E-state index contributed by atoms with van der Waals surface area (Å²) in [5, 5.41) is 9.34. The Morgan fingerprint density at radius 2 is 1.95 bits per heavy atom. The minimum Gasteiger partial charge on any atom is -0.268 e. The summed E-state index contributed by atoms with van der Waals surface area (Å²) in [5.41, 5.74) is 3.22. The number of hydrogen-bond donors (Lipinski definition) is 0. The van der Waals surface area contributed by atoms with Crippen molar-refractivity contribution in [3.8, 4) is 6.07 Å². The molecule has 1 heterocycles. The van der Waals surface area contributed by atoms with E-state index in [1.54, 1.807) is 4.57 Å². The molecule has 1 aromatic heterocycles. The fraction of sp³-hybridized carbons (Fsp3) is 0.118. The monoisotopic (exact) mass is 307 g/mol. The minimum atomic E-state index is -0.130. The van der Waals surface area contributed by atoms with Crippen LogP contribution in [0, 0.1) is 18.3 Å². The molecule has 0 radical (unpaired) electrons. The molecule has 0 spiro atoms. The first kappa shape index (κ1) is 14.4. The zero-order valence-electron chi connectivity index (χ0n) is 12.0. The van der Waals surface area contributed by atoms with E-state index in [9.17, 15) is 4.79 Å². The van der Waals surface area contributed by atoms with Crippen molar-refractivity contribution in [2.75, 3.05) is 5.75 Å². The second-order valence-electron chi connectivity index (χ2n) is 4.84. The average Bonchev–Trinajstić information content (AvgIpc) is 2.91. The van der Waals surface area contributed by atoms with Gasteiger partial charge in [0.05, 0.1) is 22.9 Å². The number of aryl methyl sites for hydroxylation is 1. The van der Waals surface area contributed by atoms with Gasteiger partial charge in [0, 0.05) is 5.56 Å². The van der Waals surface area contributed by atoms with E-state index < -0.39 is 0 Å².